The molecule has 0 saturated heterocycles. The number of rotatable bonds is 6. The van der Waals surface area contributed by atoms with Crippen LogP contribution in [0.3, 0.4) is 0 Å². The Balaban J connectivity index is 1.45. The third-order valence-electron chi connectivity index (χ3n) is 12.1. The fourth-order valence-corrected chi connectivity index (χ4v) is 10.1. The molecule has 2 unspecified atom stereocenters. The van der Waals surface area contributed by atoms with Gasteiger partial charge in [0.25, 0.3) is 0 Å². The highest BCUT2D eigenvalue weighted by molar-refractivity contribution is 5.09. The molecular weight excluding hydrogens is 360 g/mol. The summed E-state index contributed by atoms with van der Waals surface area (Å²) < 4.78 is 0. The van der Waals surface area contributed by atoms with E-state index in [1.54, 1.807) is 38.5 Å². The second-order valence-corrected chi connectivity index (χ2v) is 13.7. The van der Waals surface area contributed by atoms with E-state index in [0.717, 1.165) is 53.3 Å². The molecule has 4 fully saturated rings. The monoisotopic (exact) mass is 414 g/mol. The van der Waals surface area contributed by atoms with Gasteiger partial charge in [0.2, 0.25) is 0 Å². The lowest BCUT2D eigenvalue weighted by atomic mass is 9.44. The van der Waals surface area contributed by atoms with Crippen LogP contribution >= 0.6 is 0 Å². The van der Waals surface area contributed by atoms with Crippen LogP contribution in [0.5, 0.6) is 0 Å². The standard InChI is InChI=1S/C30H54/c1-8-23(20(2)3)10-9-22(5)26-13-14-27-25-12-11-24-19-21(4)15-17-29(24,6)28(25)16-18-30(26,27)7/h20-28H,8-19H2,1-7H3/t21-,22+,23?,24?,25-,26+,27-,28-,29-,30+/m0/s1. The number of hydrogen-bond donors (Lipinski definition) is 0. The van der Waals surface area contributed by atoms with Crippen LogP contribution in [-0.2, 0) is 0 Å². The number of hydrogen-bond acceptors (Lipinski definition) is 0. The van der Waals surface area contributed by atoms with Crippen LogP contribution in [0, 0.1) is 64.1 Å². The maximum atomic E-state index is 2.76. The van der Waals surface area contributed by atoms with Crippen LogP contribution in [0.2, 0.25) is 0 Å². The second-order valence-electron chi connectivity index (χ2n) is 13.7. The lowest BCUT2D eigenvalue weighted by Gasteiger charge is -2.61. The first-order valence-electron chi connectivity index (χ1n) is 14.2. The van der Waals surface area contributed by atoms with Crippen LogP contribution in [0.1, 0.15) is 126 Å². The van der Waals surface area contributed by atoms with E-state index in [2.05, 4.69) is 48.5 Å². The van der Waals surface area contributed by atoms with Crippen molar-refractivity contribution in [2.24, 2.45) is 64.1 Å². The van der Waals surface area contributed by atoms with E-state index >= 15 is 0 Å². The van der Waals surface area contributed by atoms with E-state index in [9.17, 15) is 0 Å². The minimum absolute atomic E-state index is 0.658. The highest BCUT2D eigenvalue weighted by Gasteiger charge is 2.60. The van der Waals surface area contributed by atoms with Crippen molar-refractivity contribution in [3.05, 3.63) is 0 Å². The zero-order chi connectivity index (χ0) is 21.7. The van der Waals surface area contributed by atoms with Crippen LogP contribution < -0.4 is 0 Å². The Morgan fingerprint density at radius 2 is 1.50 bits per heavy atom. The lowest BCUT2D eigenvalue weighted by Crippen LogP contribution is -2.53. The minimum Gasteiger partial charge on any atom is -0.0651 e. The molecule has 0 nitrogen and oxygen atoms in total. The van der Waals surface area contributed by atoms with E-state index < -0.39 is 0 Å². The van der Waals surface area contributed by atoms with Gasteiger partial charge in [0.1, 0.15) is 0 Å². The van der Waals surface area contributed by atoms with Crippen LogP contribution in [0.25, 0.3) is 0 Å². The molecule has 0 amide bonds. The molecule has 4 rings (SSSR count). The summed E-state index contributed by atoms with van der Waals surface area (Å²) in [5.74, 6) is 8.95. The molecule has 174 valence electrons. The SMILES string of the molecule is CCC(CC[C@@H](C)[C@H]1CC[C@H]2[C@@H]3CCC4C[C@@H](C)CC[C@]4(C)[C@H]3CC[C@]12C)C(C)C. The fourth-order valence-electron chi connectivity index (χ4n) is 10.1. The first-order valence-corrected chi connectivity index (χ1v) is 14.2. The van der Waals surface area contributed by atoms with E-state index in [1.165, 1.54) is 38.5 Å². The highest BCUT2D eigenvalue weighted by Crippen LogP contribution is 2.68. The largest absolute Gasteiger partial charge is 0.0651 e. The molecule has 0 N–H and O–H groups in total. The molecule has 4 saturated carbocycles. The minimum atomic E-state index is 0.658. The Hall–Kier alpha value is 0. The summed E-state index contributed by atoms with van der Waals surface area (Å²) in [5.41, 5.74) is 1.34. The average molecular weight is 415 g/mol. The molecule has 0 aromatic rings. The molecule has 0 bridgehead atoms. The smallest absolute Gasteiger partial charge is 0.0264 e. The van der Waals surface area contributed by atoms with Gasteiger partial charge in [0.15, 0.2) is 0 Å². The van der Waals surface area contributed by atoms with Gasteiger partial charge in [0, 0.05) is 0 Å². The maximum absolute atomic E-state index is 2.76. The Morgan fingerprint density at radius 3 is 2.20 bits per heavy atom. The molecular formula is C30H54. The van der Waals surface area contributed by atoms with Crippen molar-refractivity contribution in [3.63, 3.8) is 0 Å². The van der Waals surface area contributed by atoms with Crippen LogP contribution in [-0.4, -0.2) is 0 Å². The van der Waals surface area contributed by atoms with Crippen molar-refractivity contribution in [3.8, 4) is 0 Å². The molecule has 30 heavy (non-hydrogen) atoms. The van der Waals surface area contributed by atoms with Crippen molar-refractivity contribution in [1.82, 2.24) is 0 Å². The molecule has 4 aliphatic rings. The molecule has 0 aliphatic heterocycles. The van der Waals surface area contributed by atoms with E-state index in [4.69, 9.17) is 0 Å². The predicted octanol–water partition coefficient (Wildman–Crippen LogP) is 9.38. The average Bonchev–Trinajstić information content (AvgIpc) is 3.06. The van der Waals surface area contributed by atoms with Gasteiger partial charge in [-0.1, -0.05) is 67.7 Å². The summed E-state index contributed by atoms with van der Waals surface area (Å²) >= 11 is 0. The van der Waals surface area contributed by atoms with Gasteiger partial charge in [-0.25, -0.2) is 0 Å². The predicted molar refractivity (Wildman–Crippen MR) is 131 cm³/mol. The zero-order valence-electron chi connectivity index (χ0n) is 21.7. The zero-order valence-corrected chi connectivity index (χ0v) is 21.7. The molecule has 0 heterocycles. The Kier molecular flexibility index (Phi) is 6.75. The van der Waals surface area contributed by atoms with Crippen LogP contribution in [0.4, 0.5) is 0 Å². The Bertz CT molecular complexity index is 577. The van der Waals surface area contributed by atoms with E-state index in [0.29, 0.717) is 10.8 Å². The van der Waals surface area contributed by atoms with E-state index in [1.807, 2.05) is 0 Å². The maximum Gasteiger partial charge on any atom is -0.0264 e. The van der Waals surface area contributed by atoms with Gasteiger partial charge in [-0.05, 0) is 122 Å². The Morgan fingerprint density at radius 1 is 0.800 bits per heavy atom. The first-order chi connectivity index (χ1) is 14.2. The molecule has 0 spiro atoms. The quantitative estimate of drug-likeness (QED) is 0.406. The van der Waals surface area contributed by atoms with Gasteiger partial charge in [0.05, 0.1) is 0 Å². The van der Waals surface area contributed by atoms with E-state index in [-0.39, 0.29) is 0 Å². The topological polar surface area (TPSA) is 0 Å². The summed E-state index contributed by atoms with van der Waals surface area (Å²) in [4.78, 5) is 0. The lowest BCUT2D eigenvalue weighted by molar-refractivity contribution is -0.120. The molecule has 10 atom stereocenters. The van der Waals surface area contributed by atoms with Crippen molar-refractivity contribution < 1.29 is 0 Å². The van der Waals surface area contributed by atoms with Crippen LogP contribution in [0.15, 0.2) is 0 Å². The normalized spacial score (nSPS) is 48.0. The van der Waals surface area contributed by atoms with Crippen molar-refractivity contribution in [1.29, 1.82) is 0 Å². The van der Waals surface area contributed by atoms with Gasteiger partial charge < -0.3 is 0 Å². The molecule has 0 heteroatoms. The summed E-state index contributed by atoms with van der Waals surface area (Å²) in [5, 5.41) is 0. The molecule has 0 aromatic carbocycles. The molecule has 4 aliphatic carbocycles. The number of fused-ring (bicyclic) bond motifs is 5. The summed E-state index contributed by atoms with van der Waals surface area (Å²) in [6.45, 7) is 18.0. The summed E-state index contributed by atoms with van der Waals surface area (Å²) in [7, 11) is 0. The Labute approximate surface area is 189 Å². The third kappa shape index (κ3) is 3.83. The molecule has 0 aromatic heterocycles. The van der Waals surface area contributed by atoms with Gasteiger partial charge in [-0.15, -0.1) is 0 Å². The van der Waals surface area contributed by atoms with Gasteiger partial charge in [-0.2, -0.15) is 0 Å². The molecule has 0 radical (unpaired) electrons. The summed E-state index contributed by atoms with van der Waals surface area (Å²) in [6, 6.07) is 0. The highest BCUT2D eigenvalue weighted by atomic mass is 14.6. The fraction of sp³-hybridized carbons (Fsp3) is 1.00. The van der Waals surface area contributed by atoms with Gasteiger partial charge in [-0.3, -0.25) is 0 Å². The third-order valence-corrected chi connectivity index (χ3v) is 12.1. The second kappa shape index (κ2) is 8.74. The van der Waals surface area contributed by atoms with Crippen molar-refractivity contribution >= 4 is 0 Å². The van der Waals surface area contributed by atoms with Crippen molar-refractivity contribution in [2.45, 2.75) is 126 Å². The van der Waals surface area contributed by atoms with Crippen molar-refractivity contribution in [2.75, 3.05) is 0 Å². The first kappa shape index (κ1) is 23.2. The summed E-state index contributed by atoms with van der Waals surface area (Å²) in [6.07, 6.45) is 18.2. The van der Waals surface area contributed by atoms with Gasteiger partial charge >= 0.3 is 0 Å².